The van der Waals surface area contributed by atoms with E-state index in [9.17, 15) is 9.59 Å². The fourth-order valence-corrected chi connectivity index (χ4v) is 2.71. The number of carbonyl (C=O) groups excluding carboxylic acids is 1. The number of nitrogens with one attached hydrogen (secondary N) is 1. The van der Waals surface area contributed by atoms with Crippen LogP contribution in [0.5, 0.6) is 0 Å². The van der Waals surface area contributed by atoms with Crippen molar-refractivity contribution in [1.29, 1.82) is 0 Å². The van der Waals surface area contributed by atoms with Gasteiger partial charge in [-0.15, -0.1) is 11.3 Å². The molecule has 2 aromatic rings. The summed E-state index contributed by atoms with van der Waals surface area (Å²) < 4.78 is 5.32. The molecule has 0 aliphatic carbocycles. The second-order valence-corrected chi connectivity index (χ2v) is 5.69. The van der Waals surface area contributed by atoms with Gasteiger partial charge in [-0.1, -0.05) is 0 Å². The van der Waals surface area contributed by atoms with Crippen molar-refractivity contribution in [1.82, 2.24) is 5.32 Å². The number of carbonyl (C=O) groups is 2. The summed E-state index contributed by atoms with van der Waals surface area (Å²) in [6.45, 7) is 3.94. The van der Waals surface area contributed by atoms with Gasteiger partial charge >= 0.3 is 5.97 Å². The quantitative estimate of drug-likeness (QED) is 0.832. The van der Waals surface area contributed by atoms with Crippen molar-refractivity contribution >= 4 is 29.3 Å². The molecule has 5 nitrogen and oxygen atoms in total. The molecule has 0 spiro atoms. The molecule has 2 heterocycles. The molecule has 110 valence electrons. The van der Waals surface area contributed by atoms with Gasteiger partial charge in [0, 0.05) is 15.8 Å². The number of furan rings is 1. The first kappa shape index (κ1) is 15.1. The lowest BCUT2D eigenvalue weighted by Crippen LogP contribution is -2.22. The van der Waals surface area contributed by atoms with E-state index >= 15 is 0 Å². The molecule has 1 amide bonds. The molecule has 2 aromatic heterocycles. The second kappa shape index (κ2) is 6.41. The number of carboxylic acids is 1. The summed E-state index contributed by atoms with van der Waals surface area (Å²) >= 11 is 1.43. The minimum Gasteiger partial charge on any atom is -0.478 e. The van der Waals surface area contributed by atoms with Gasteiger partial charge in [-0.2, -0.15) is 0 Å². The largest absolute Gasteiger partial charge is 0.478 e. The fraction of sp³-hybridized carbons (Fsp3) is 0.200. The molecule has 0 saturated heterocycles. The maximum Gasteiger partial charge on any atom is 0.328 e. The van der Waals surface area contributed by atoms with Crippen LogP contribution < -0.4 is 5.32 Å². The second-order valence-electron chi connectivity index (χ2n) is 4.49. The summed E-state index contributed by atoms with van der Waals surface area (Å²) in [6, 6.07) is 5.39. The maximum absolute atomic E-state index is 12.0. The first-order valence-corrected chi connectivity index (χ1v) is 7.12. The van der Waals surface area contributed by atoms with E-state index in [-0.39, 0.29) is 5.91 Å². The first-order valence-electron chi connectivity index (χ1n) is 6.30. The van der Waals surface area contributed by atoms with Gasteiger partial charge in [-0.3, -0.25) is 4.79 Å². The van der Waals surface area contributed by atoms with Crippen LogP contribution in [0, 0.1) is 13.8 Å². The lowest BCUT2D eigenvalue weighted by Gasteiger charge is -2.01. The van der Waals surface area contributed by atoms with E-state index in [1.807, 2.05) is 12.1 Å². The highest BCUT2D eigenvalue weighted by Crippen LogP contribution is 2.18. The lowest BCUT2D eigenvalue weighted by atomic mass is 10.2. The van der Waals surface area contributed by atoms with Crippen LogP contribution in [0.3, 0.4) is 0 Å². The summed E-state index contributed by atoms with van der Waals surface area (Å²) in [5.41, 5.74) is 0.537. The minimum absolute atomic E-state index is 0.180. The van der Waals surface area contributed by atoms with Crippen LogP contribution in [0.2, 0.25) is 0 Å². The van der Waals surface area contributed by atoms with Crippen molar-refractivity contribution in [2.24, 2.45) is 0 Å². The zero-order valence-corrected chi connectivity index (χ0v) is 12.5. The Morgan fingerprint density at radius 2 is 2.14 bits per heavy atom. The molecule has 0 aliphatic rings. The molecule has 0 aliphatic heterocycles. The molecule has 0 aromatic carbocycles. The third-order valence-electron chi connectivity index (χ3n) is 2.78. The van der Waals surface area contributed by atoms with Crippen LogP contribution in [0.15, 0.2) is 28.7 Å². The highest BCUT2D eigenvalue weighted by molar-refractivity contribution is 7.12. The van der Waals surface area contributed by atoms with Gasteiger partial charge in [0.15, 0.2) is 0 Å². The van der Waals surface area contributed by atoms with Crippen molar-refractivity contribution < 1.29 is 19.1 Å². The Morgan fingerprint density at radius 3 is 2.76 bits per heavy atom. The lowest BCUT2D eigenvalue weighted by molar-refractivity contribution is -0.131. The van der Waals surface area contributed by atoms with Crippen molar-refractivity contribution in [3.05, 3.63) is 51.1 Å². The molecule has 0 radical (unpaired) electrons. The van der Waals surface area contributed by atoms with Crippen LogP contribution in [0.25, 0.3) is 6.08 Å². The van der Waals surface area contributed by atoms with Gasteiger partial charge in [-0.25, -0.2) is 4.79 Å². The highest BCUT2D eigenvalue weighted by Gasteiger charge is 2.13. The van der Waals surface area contributed by atoms with Crippen molar-refractivity contribution in [2.45, 2.75) is 20.4 Å². The smallest absolute Gasteiger partial charge is 0.328 e. The average molecular weight is 305 g/mol. The Labute approximate surface area is 125 Å². The molecule has 6 heteroatoms. The van der Waals surface area contributed by atoms with Gasteiger partial charge in [0.05, 0.1) is 12.1 Å². The Morgan fingerprint density at radius 1 is 1.38 bits per heavy atom. The van der Waals surface area contributed by atoms with Gasteiger partial charge in [0.2, 0.25) is 0 Å². The number of amides is 1. The minimum atomic E-state index is -0.982. The molecule has 0 atom stereocenters. The molecule has 0 saturated carbocycles. The summed E-state index contributed by atoms with van der Waals surface area (Å²) in [5.74, 6) is 0.139. The molecule has 2 N–H and O–H groups in total. The van der Waals surface area contributed by atoms with Crippen LogP contribution in [-0.2, 0) is 11.3 Å². The third-order valence-corrected chi connectivity index (χ3v) is 3.83. The highest BCUT2D eigenvalue weighted by atomic mass is 32.1. The molecular formula is C15H15NO4S. The van der Waals surface area contributed by atoms with Crippen LogP contribution in [0.4, 0.5) is 0 Å². The van der Waals surface area contributed by atoms with E-state index in [1.54, 1.807) is 19.9 Å². The van der Waals surface area contributed by atoms with E-state index in [2.05, 4.69) is 5.32 Å². The fourth-order valence-electron chi connectivity index (χ4n) is 1.85. The zero-order chi connectivity index (χ0) is 15.4. The first-order chi connectivity index (χ1) is 9.95. The number of aliphatic carboxylic acids is 1. The Balaban J connectivity index is 1.95. The molecule has 0 bridgehead atoms. The van der Waals surface area contributed by atoms with E-state index in [1.165, 1.54) is 17.4 Å². The van der Waals surface area contributed by atoms with Crippen molar-refractivity contribution in [2.75, 3.05) is 0 Å². The van der Waals surface area contributed by atoms with Crippen LogP contribution in [-0.4, -0.2) is 17.0 Å². The Kier molecular flexibility index (Phi) is 4.59. The summed E-state index contributed by atoms with van der Waals surface area (Å²) in [7, 11) is 0. The molecule has 2 rings (SSSR count). The van der Waals surface area contributed by atoms with Gasteiger partial charge in [0.1, 0.15) is 11.5 Å². The standard InChI is InChI=1S/C15H15NO4S/c1-9-7-13(10(2)20-9)15(19)16-8-12-4-3-11(21-12)5-6-14(17)18/h3-7H,8H2,1-2H3,(H,16,19)(H,17,18). The van der Waals surface area contributed by atoms with E-state index in [0.29, 0.717) is 23.6 Å². The molecule has 0 fully saturated rings. The monoisotopic (exact) mass is 305 g/mol. The zero-order valence-electron chi connectivity index (χ0n) is 11.7. The number of hydrogen-bond donors (Lipinski definition) is 2. The number of thiophene rings is 1. The third kappa shape index (κ3) is 4.06. The van der Waals surface area contributed by atoms with Gasteiger partial charge in [0.25, 0.3) is 5.91 Å². The molecule has 0 unspecified atom stereocenters. The number of aryl methyl sites for hydroxylation is 2. The van der Waals surface area contributed by atoms with Crippen LogP contribution in [0.1, 0.15) is 31.6 Å². The Hall–Kier alpha value is -2.34. The average Bonchev–Trinajstić information content (AvgIpc) is 3.00. The number of hydrogen-bond acceptors (Lipinski definition) is 4. The normalized spacial score (nSPS) is 11.0. The molecular weight excluding hydrogens is 290 g/mol. The van der Waals surface area contributed by atoms with Gasteiger partial charge < -0.3 is 14.8 Å². The van der Waals surface area contributed by atoms with E-state index < -0.39 is 5.97 Å². The summed E-state index contributed by atoms with van der Waals surface area (Å²) in [5, 5.41) is 11.4. The maximum atomic E-state index is 12.0. The number of rotatable bonds is 5. The van der Waals surface area contributed by atoms with E-state index in [4.69, 9.17) is 9.52 Å². The van der Waals surface area contributed by atoms with E-state index in [0.717, 1.165) is 15.8 Å². The Bertz CT molecular complexity index is 696. The predicted octanol–water partition coefficient (Wildman–Crippen LogP) is 2.99. The molecule has 21 heavy (non-hydrogen) atoms. The SMILES string of the molecule is Cc1cc(C(=O)NCc2ccc(C=CC(=O)O)s2)c(C)o1. The summed E-state index contributed by atoms with van der Waals surface area (Å²) in [4.78, 5) is 24.2. The van der Waals surface area contributed by atoms with Gasteiger partial charge in [-0.05, 0) is 38.1 Å². The predicted molar refractivity (Wildman–Crippen MR) is 80.3 cm³/mol. The van der Waals surface area contributed by atoms with Crippen molar-refractivity contribution in [3.63, 3.8) is 0 Å². The summed E-state index contributed by atoms with van der Waals surface area (Å²) in [6.07, 6.45) is 2.62. The number of carboxylic acid groups (broad SMARTS) is 1. The van der Waals surface area contributed by atoms with Crippen molar-refractivity contribution in [3.8, 4) is 0 Å². The van der Waals surface area contributed by atoms with Crippen LogP contribution >= 0.6 is 11.3 Å². The topological polar surface area (TPSA) is 79.5 Å².